The molecule has 1 N–H and O–H groups in total. The highest BCUT2D eigenvalue weighted by atomic mass is 16.3. The molecule has 0 saturated heterocycles. The summed E-state index contributed by atoms with van der Waals surface area (Å²) in [6.07, 6.45) is 7.77. The lowest BCUT2D eigenvalue weighted by Crippen LogP contribution is -2.36. The Morgan fingerprint density at radius 3 is 3.08 bits per heavy atom. The van der Waals surface area contributed by atoms with Gasteiger partial charge in [-0.15, -0.1) is 0 Å². The summed E-state index contributed by atoms with van der Waals surface area (Å²) in [6.45, 7) is 3.71. The van der Waals surface area contributed by atoms with Crippen LogP contribution in [0.1, 0.15) is 33.1 Å². The van der Waals surface area contributed by atoms with Gasteiger partial charge in [0.15, 0.2) is 5.76 Å². The maximum Gasteiger partial charge on any atom is 0.289 e. The van der Waals surface area contributed by atoms with Crippen LogP contribution < -0.4 is 5.32 Å². The molecule has 3 aromatic rings. The third kappa shape index (κ3) is 3.28. The Kier molecular flexibility index (Phi) is 4.35. The Hall–Kier alpha value is -3.22. The molecule has 0 unspecified atom stereocenters. The number of nitrogens with zero attached hydrogens (tertiary/aromatic N) is 4. The van der Waals surface area contributed by atoms with Gasteiger partial charge in [0.2, 0.25) is 0 Å². The molecule has 7 nitrogen and oxygen atoms in total. The number of pyridine rings is 1. The van der Waals surface area contributed by atoms with Gasteiger partial charge in [-0.1, -0.05) is 0 Å². The number of carbonyl (C=O) groups is 1. The lowest BCUT2D eigenvalue weighted by atomic mass is 9.97. The van der Waals surface area contributed by atoms with Crippen LogP contribution in [0.3, 0.4) is 0 Å². The van der Waals surface area contributed by atoms with E-state index in [-0.39, 0.29) is 5.91 Å². The van der Waals surface area contributed by atoms with Crippen LogP contribution in [0.25, 0.3) is 0 Å². The predicted octanol–water partition coefficient (Wildman–Crippen LogP) is 2.58. The molecule has 0 spiro atoms. The lowest BCUT2D eigenvalue weighted by Gasteiger charge is -2.29. The number of furan rings is 1. The van der Waals surface area contributed by atoms with Crippen LogP contribution in [0, 0.1) is 6.92 Å². The fraction of sp³-hybridized carbons (Fsp3) is 0.263. The van der Waals surface area contributed by atoms with Gasteiger partial charge < -0.3 is 14.6 Å². The maximum atomic E-state index is 12.5. The first-order valence-electron chi connectivity index (χ1n) is 8.51. The molecule has 0 saturated carbocycles. The van der Waals surface area contributed by atoms with Gasteiger partial charge in [-0.3, -0.25) is 9.78 Å². The molecule has 0 radical (unpaired) electrons. The van der Waals surface area contributed by atoms with E-state index in [1.165, 1.54) is 11.8 Å². The molecule has 4 heterocycles. The summed E-state index contributed by atoms with van der Waals surface area (Å²) in [6, 6.07) is 5.27. The van der Waals surface area contributed by atoms with Crippen LogP contribution in [0.5, 0.6) is 0 Å². The van der Waals surface area contributed by atoms with Crippen molar-refractivity contribution in [3.8, 4) is 0 Å². The zero-order valence-electron chi connectivity index (χ0n) is 14.5. The summed E-state index contributed by atoms with van der Waals surface area (Å²) >= 11 is 0. The van der Waals surface area contributed by atoms with Crippen molar-refractivity contribution < 1.29 is 9.21 Å². The van der Waals surface area contributed by atoms with Gasteiger partial charge in [0.05, 0.1) is 6.26 Å². The molecular weight excluding hydrogens is 330 g/mol. The minimum absolute atomic E-state index is 0.0827. The third-order valence-corrected chi connectivity index (χ3v) is 4.48. The molecule has 4 rings (SSSR count). The number of hydrogen-bond acceptors (Lipinski definition) is 6. The molecule has 0 aromatic carbocycles. The second-order valence-corrected chi connectivity index (χ2v) is 6.23. The quantitative estimate of drug-likeness (QED) is 0.779. The highest BCUT2D eigenvalue weighted by Gasteiger charge is 2.25. The standard InChI is InChI=1S/C19H19N5O2/c1-13-21-6-4-18(23-13)22-11-14-9-20-10-15-12-24(7-5-16(14)15)19(25)17-3-2-8-26-17/h2-4,6,8-10H,5,7,11-12H2,1H3,(H,21,22,23). The van der Waals surface area contributed by atoms with Gasteiger partial charge in [-0.2, -0.15) is 0 Å². The van der Waals surface area contributed by atoms with Crippen LogP contribution in [0.4, 0.5) is 5.82 Å². The Bertz CT molecular complexity index is 923. The fourth-order valence-electron chi connectivity index (χ4n) is 3.19. The second-order valence-electron chi connectivity index (χ2n) is 6.23. The number of nitrogens with one attached hydrogen (secondary N) is 1. The minimum Gasteiger partial charge on any atom is -0.459 e. The van der Waals surface area contributed by atoms with E-state index in [1.807, 2.05) is 25.4 Å². The Morgan fingerprint density at radius 2 is 2.27 bits per heavy atom. The highest BCUT2D eigenvalue weighted by molar-refractivity contribution is 5.91. The van der Waals surface area contributed by atoms with Crippen LogP contribution in [-0.2, 0) is 19.5 Å². The summed E-state index contributed by atoms with van der Waals surface area (Å²) < 4.78 is 5.23. The average Bonchev–Trinajstić information content (AvgIpc) is 3.20. The summed E-state index contributed by atoms with van der Waals surface area (Å²) in [4.78, 5) is 27.1. The van der Waals surface area contributed by atoms with Crippen molar-refractivity contribution in [1.82, 2.24) is 19.9 Å². The second kappa shape index (κ2) is 6.95. The molecule has 0 bridgehead atoms. The number of amides is 1. The molecule has 0 fully saturated rings. The first kappa shape index (κ1) is 16.3. The van der Waals surface area contributed by atoms with E-state index in [9.17, 15) is 4.79 Å². The van der Waals surface area contributed by atoms with Gasteiger partial charge >= 0.3 is 0 Å². The van der Waals surface area contributed by atoms with E-state index >= 15 is 0 Å². The fourth-order valence-corrected chi connectivity index (χ4v) is 3.19. The zero-order chi connectivity index (χ0) is 17.9. The van der Waals surface area contributed by atoms with Crippen molar-refractivity contribution in [3.63, 3.8) is 0 Å². The lowest BCUT2D eigenvalue weighted by molar-refractivity contribution is 0.0702. The van der Waals surface area contributed by atoms with Gasteiger partial charge in [0.25, 0.3) is 5.91 Å². The molecule has 7 heteroatoms. The molecule has 1 aliphatic rings. The van der Waals surface area contributed by atoms with Crippen molar-refractivity contribution in [2.75, 3.05) is 11.9 Å². The number of hydrogen-bond donors (Lipinski definition) is 1. The van der Waals surface area contributed by atoms with E-state index in [4.69, 9.17) is 4.42 Å². The van der Waals surface area contributed by atoms with Crippen molar-refractivity contribution in [2.24, 2.45) is 0 Å². The molecule has 26 heavy (non-hydrogen) atoms. The van der Waals surface area contributed by atoms with E-state index in [0.29, 0.717) is 25.4 Å². The summed E-state index contributed by atoms with van der Waals surface area (Å²) in [7, 11) is 0. The number of aryl methyl sites for hydroxylation is 1. The average molecular weight is 349 g/mol. The number of fused-ring (bicyclic) bond motifs is 1. The largest absolute Gasteiger partial charge is 0.459 e. The van der Waals surface area contributed by atoms with E-state index in [2.05, 4.69) is 20.3 Å². The minimum atomic E-state index is -0.0827. The topological polar surface area (TPSA) is 84.2 Å². The number of rotatable bonds is 4. The molecule has 132 valence electrons. The third-order valence-electron chi connectivity index (χ3n) is 4.48. The van der Waals surface area contributed by atoms with Crippen LogP contribution >= 0.6 is 0 Å². The first-order chi connectivity index (χ1) is 12.7. The number of carbonyl (C=O) groups excluding carboxylic acids is 1. The molecule has 1 amide bonds. The maximum absolute atomic E-state index is 12.5. The van der Waals surface area contributed by atoms with E-state index in [1.54, 1.807) is 23.2 Å². The van der Waals surface area contributed by atoms with Crippen LogP contribution in [0.15, 0.2) is 47.5 Å². The van der Waals surface area contributed by atoms with Gasteiger partial charge in [0.1, 0.15) is 11.6 Å². The van der Waals surface area contributed by atoms with Crippen molar-refractivity contribution in [1.29, 1.82) is 0 Å². The van der Waals surface area contributed by atoms with E-state index in [0.717, 1.165) is 29.2 Å². The predicted molar refractivity (Wildman–Crippen MR) is 95.5 cm³/mol. The first-order valence-corrected chi connectivity index (χ1v) is 8.51. The van der Waals surface area contributed by atoms with Crippen molar-refractivity contribution in [3.05, 3.63) is 71.3 Å². The van der Waals surface area contributed by atoms with Crippen LogP contribution in [-0.4, -0.2) is 32.3 Å². The van der Waals surface area contributed by atoms with Gasteiger partial charge in [0, 0.05) is 38.2 Å². The monoisotopic (exact) mass is 349 g/mol. The van der Waals surface area contributed by atoms with Gasteiger partial charge in [-0.25, -0.2) is 9.97 Å². The summed E-state index contributed by atoms with van der Waals surface area (Å²) in [5.41, 5.74) is 3.46. The number of aromatic nitrogens is 3. The smallest absolute Gasteiger partial charge is 0.289 e. The molecule has 1 aliphatic heterocycles. The Morgan fingerprint density at radius 1 is 1.35 bits per heavy atom. The summed E-state index contributed by atoms with van der Waals surface area (Å²) in [5, 5.41) is 3.32. The Labute approximate surface area is 151 Å². The normalized spacial score (nSPS) is 13.3. The highest BCUT2D eigenvalue weighted by Crippen LogP contribution is 2.23. The molecule has 0 aliphatic carbocycles. The molecule has 0 atom stereocenters. The summed E-state index contributed by atoms with van der Waals surface area (Å²) in [5.74, 6) is 1.81. The zero-order valence-corrected chi connectivity index (χ0v) is 14.5. The number of anilines is 1. The Balaban J connectivity index is 1.49. The molecule has 3 aromatic heterocycles. The van der Waals surface area contributed by atoms with E-state index < -0.39 is 0 Å². The SMILES string of the molecule is Cc1nccc(NCc2cncc3c2CCN(C(=O)c2ccco2)C3)n1. The van der Waals surface area contributed by atoms with Crippen molar-refractivity contribution >= 4 is 11.7 Å². The molecular formula is C19H19N5O2. The van der Waals surface area contributed by atoms with Gasteiger partial charge in [-0.05, 0) is 48.2 Å². The van der Waals surface area contributed by atoms with Crippen LogP contribution in [0.2, 0.25) is 0 Å². The van der Waals surface area contributed by atoms with Crippen molar-refractivity contribution in [2.45, 2.75) is 26.4 Å².